The van der Waals surface area contributed by atoms with Gasteiger partial charge >= 0.3 is 0 Å². The van der Waals surface area contributed by atoms with E-state index < -0.39 is 0 Å². The topological polar surface area (TPSA) is 55.6 Å². The Morgan fingerprint density at radius 1 is 1.50 bits per heavy atom. The average molecular weight is 222 g/mol. The first-order valence-electron chi connectivity index (χ1n) is 5.37. The fourth-order valence-electron chi connectivity index (χ4n) is 1.54. The first-order valence-corrected chi connectivity index (χ1v) is 5.37. The van der Waals surface area contributed by atoms with E-state index in [2.05, 4.69) is 0 Å². The Bertz CT molecular complexity index is 353. The molecule has 0 aliphatic carbocycles. The highest BCUT2D eigenvalue weighted by Gasteiger charge is 2.12. The molecule has 2 N–H and O–H groups in total. The Kier molecular flexibility index (Phi) is 4.79. The molecule has 0 heterocycles. The van der Waals surface area contributed by atoms with Gasteiger partial charge in [-0.25, -0.2) is 0 Å². The van der Waals surface area contributed by atoms with Gasteiger partial charge in [0.2, 0.25) is 5.91 Å². The van der Waals surface area contributed by atoms with Crippen molar-refractivity contribution in [2.45, 2.75) is 13.3 Å². The highest BCUT2D eigenvalue weighted by atomic mass is 16.5. The lowest BCUT2D eigenvalue weighted by molar-refractivity contribution is -0.118. The first kappa shape index (κ1) is 12.5. The zero-order chi connectivity index (χ0) is 12.0. The summed E-state index contributed by atoms with van der Waals surface area (Å²) >= 11 is 0. The quantitative estimate of drug-likeness (QED) is 0.819. The van der Waals surface area contributed by atoms with Gasteiger partial charge in [0.15, 0.2) is 0 Å². The van der Waals surface area contributed by atoms with E-state index in [0.29, 0.717) is 19.5 Å². The van der Waals surface area contributed by atoms with Crippen molar-refractivity contribution in [3.63, 3.8) is 0 Å². The monoisotopic (exact) mass is 222 g/mol. The molecule has 0 saturated heterocycles. The van der Waals surface area contributed by atoms with Gasteiger partial charge in [0, 0.05) is 31.3 Å². The van der Waals surface area contributed by atoms with Gasteiger partial charge in [-0.05, 0) is 19.1 Å². The molecule has 4 nitrogen and oxygen atoms in total. The molecule has 0 radical (unpaired) electrons. The molecule has 16 heavy (non-hydrogen) atoms. The second-order valence-electron chi connectivity index (χ2n) is 3.38. The maximum Gasteiger partial charge on any atom is 0.228 e. The van der Waals surface area contributed by atoms with Crippen LogP contribution in [-0.4, -0.2) is 26.1 Å². The third-order valence-electron chi connectivity index (χ3n) is 2.34. The lowest BCUT2D eigenvalue weighted by Crippen LogP contribution is -2.31. The van der Waals surface area contributed by atoms with E-state index in [0.717, 1.165) is 11.4 Å². The Morgan fingerprint density at radius 3 is 2.81 bits per heavy atom. The van der Waals surface area contributed by atoms with Gasteiger partial charge in [0.25, 0.3) is 0 Å². The number of methoxy groups -OCH3 is 1. The summed E-state index contributed by atoms with van der Waals surface area (Å²) in [5.41, 5.74) is 6.23. The van der Waals surface area contributed by atoms with Gasteiger partial charge < -0.3 is 15.4 Å². The minimum absolute atomic E-state index is 0.0400. The molecule has 0 bridgehead atoms. The smallest absolute Gasteiger partial charge is 0.228 e. The SMILES string of the molecule is CCN(C(=O)CCN)c1cccc(OC)c1. The Morgan fingerprint density at radius 2 is 2.25 bits per heavy atom. The molecule has 1 aromatic carbocycles. The second-order valence-corrected chi connectivity index (χ2v) is 3.38. The predicted octanol–water partition coefficient (Wildman–Crippen LogP) is 1.40. The second kappa shape index (κ2) is 6.12. The maximum atomic E-state index is 11.8. The van der Waals surface area contributed by atoms with Crippen LogP contribution in [0.3, 0.4) is 0 Å². The highest BCUT2D eigenvalue weighted by Crippen LogP contribution is 2.21. The summed E-state index contributed by atoms with van der Waals surface area (Å²) in [6, 6.07) is 7.45. The molecule has 0 aromatic heterocycles. The summed E-state index contributed by atoms with van der Waals surface area (Å²) in [6.07, 6.45) is 0.366. The summed E-state index contributed by atoms with van der Waals surface area (Å²) in [5, 5.41) is 0. The number of nitrogens with zero attached hydrogens (tertiary/aromatic N) is 1. The number of carbonyl (C=O) groups excluding carboxylic acids is 1. The number of amides is 1. The van der Waals surface area contributed by atoms with Crippen molar-refractivity contribution in [3.8, 4) is 5.75 Å². The van der Waals surface area contributed by atoms with Gasteiger partial charge in [-0.15, -0.1) is 0 Å². The zero-order valence-corrected chi connectivity index (χ0v) is 9.77. The van der Waals surface area contributed by atoms with Crippen molar-refractivity contribution in [1.29, 1.82) is 0 Å². The molecular formula is C12H18N2O2. The zero-order valence-electron chi connectivity index (χ0n) is 9.77. The molecular weight excluding hydrogens is 204 g/mol. The Labute approximate surface area is 96.0 Å². The summed E-state index contributed by atoms with van der Waals surface area (Å²) in [7, 11) is 1.61. The minimum atomic E-state index is 0.0400. The van der Waals surface area contributed by atoms with E-state index in [1.165, 1.54) is 0 Å². The van der Waals surface area contributed by atoms with Gasteiger partial charge in [-0.1, -0.05) is 6.07 Å². The lowest BCUT2D eigenvalue weighted by atomic mass is 10.2. The molecule has 1 aromatic rings. The van der Waals surface area contributed by atoms with Crippen molar-refractivity contribution in [3.05, 3.63) is 24.3 Å². The van der Waals surface area contributed by atoms with Crippen LogP contribution in [0.15, 0.2) is 24.3 Å². The van der Waals surface area contributed by atoms with Gasteiger partial charge in [-0.2, -0.15) is 0 Å². The minimum Gasteiger partial charge on any atom is -0.497 e. The largest absolute Gasteiger partial charge is 0.497 e. The molecule has 0 saturated carbocycles. The van der Waals surface area contributed by atoms with Crippen molar-refractivity contribution in [2.24, 2.45) is 5.73 Å². The normalized spacial score (nSPS) is 9.94. The average Bonchev–Trinajstić information content (AvgIpc) is 2.31. The van der Waals surface area contributed by atoms with E-state index in [9.17, 15) is 4.79 Å². The van der Waals surface area contributed by atoms with Crippen LogP contribution >= 0.6 is 0 Å². The highest BCUT2D eigenvalue weighted by molar-refractivity contribution is 5.93. The van der Waals surface area contributed by atoms with E-state index >= 15 is 0 Å². The lowest BCUT2D eigenvalue weighted by Gasteiger charge is -2.21. The van der Waals surface area contributed by atoms with Crippen LogP contribution in [0.1, 0.15) is 13.3 Å². The summed E-state index contributed by atoms with van der Waals surface area (Å²) in [4.78, 5) is 13.5. The first-order chi connectivity index (χ1) is 7.72. The number of hydrogen-bond acceptors (Lipinski definition) is 3. The number of nitrogens with two attached hydrogens (primary N) is 1. The van der Waals surface area contributed by atoms with Crippen LogP contribution < -0.4 is 15.4 Å². The maximum absolute atomic E-state index is 11.8. The number of anilines is 1. The number of carbonyl (C=O) groups is 1. The molecule has 0 atom stereocenters. The van der Waals surface area contributed by atoms with Gasteiger partial charge in [0.1, 0.15) is 5.75 Å². The number of ether oxygens (including phenoxy) is 1. The van der Waals surface area contributed by atoms with Gasteiger partial charge in [-0.3, -0.25) is 4.79 Å². The van der Waals surface area contributed by atoms with E-state index in [-0.39, 0.29) is 5.91 Å². The molecule has 1 amide bonds. The number of benzene rings is 1. The number of hydrogen-bond donors (Lipinski definition) is 1. The van der Waals surface area contributed by atoms with Crippen LogP contribution in [0.5, 0.6) is 5.75 Å². The van der Waals surface area contributed by atoms with Crippen LogP contribution in [-0.2, 0) is 4.79 Å². The predicted molar refractivity (Wildman–Crippen MR) is 64.7 cm³/mol. The molecule has 0 spiro atoms. The van der Waals surface area contributed by atoms with Crippen molar-refractivity contribution in [2.75, 3.05) is 25.1 Å². The fraction of sp³-hybridized carbons (Fsp3) is 0.417. The molecule has 88 valence electrons. The van der Waals surface area contributed by atoms with Crippen LogP contribution in [0.4, 0.5) is 5.69 Å². The summed E-state index contributed by atoms with van der Waals surface area (Å²) < 4.78 is 5.13. The van der Waals surface area contributed by atoms with Gasteiger partial charge in [0.05, 0.1) is 7.11 Å². The third-order valence-corrected chi connectivity index (χ3v) is 2.34. The van der Waals surface area contributed by atoms with Crippen LogP contribution in [0.2, 0.25) is 0 Å². The molecule has 0 unspecified atom stereocenters. The van der Waals surface area contributed by atoms with Crippen molar-refractivity contribution < 1.29 is 9.53 Å². The van der Waals surface area contributed by atoms with Crippen molar-refractivity contribution >= 4 is 11.6 Å². The van der Waals surface area contributed by atoms with Crippen molar-refractivity contribution in [1.82, 2.24) is 0 Å². The molecule has 0 aliphatic rings. The van der Waals surface area contributed by atoms with E-state index in [4.69, 9.17) is 10.5 Å². The third kappa shape index (κ3) is 2.97. The number of rotatable bonds is 5. The Balaban J connectivity index is 2.89. The fourth-order valence-corrected chi connectivity index (χ4v) is 1.54. The summed E-state index contributed by atoms with van der Waals surface area (Å²) in [5.74, 6) is 0.787. The molecule has 1 rings (SSSR count). The van der Waals surface area contributed by atoms with E-state index in [1.54, 1.807) is 12.0 Å². The molecule has 0 fully saturated rings. The molecule has 0 aliphatic heterocycles. The van der Waals surface area contributed by atoms with E-state index in [1.807, 2.05) is 31.2 Å². The van der Waals surface area contributed by atoms with Crippen LogP contribution in [0, 0.1) is 0 Å². The molecule has 4 heteroatoms. The Hall–Kier alpha value is -1.55. The summed E-state index contributed by atoms with van der Waals surface area (Å²) in [6.45, 7) is 2.94. The van der Waals surface area contributed by atoms with Crippen LogP contribution in [0.25, 0.3) is 0 Å². The standard InChI is InChI=1S/C12H18N2O2/c1-3-14(12(15)7-8-13)10-5-4-6-11(9-10)16-2/h4-6,9H,3,7-8,13H2,1-2H3.